The average molecular weight is 297 g/mol. The van der Waals surface area contributed by atoms with Gasteiger partial charge in [-0.25, -0.2) is 4.79 Å². The largest absolute Gasteiger partial charge is 0.459 e. The van der Waals surface area contributed by atoms with Gasteiger partial charge in [-0.1, -0.05) is 48.0 Å². The van der Waals surface area contributed by atoms with E-state index in [2.05, 4.69) is 5.32 Å². The van der Waals surface area contributed by atoms with Crippen LogP contribution in [0.1, 0.15) is 28.4 Å². The zero-order valence-corrected chi connectivity index (χ0v) is 12.7. The van der Waals surface area contributed by atoms with Gasteiger partial charge in [-0.15, -0.1) is 0 Å². The van der Waals surface area contributed by atoms with Crippen molar-refractivity contribution in [3.8, 4) is 0 Å². The second kappa shape index (κ2) is 7.41. The summed E-state index contributed by atoms with van der Waals surface area (Å²) in [7, 11) is 0. The second-order valence-corrected chi connectivity index (χ2v) is 5.16. The van der Waals surface area contributed by atoms with E-state index in [1.54, 1.807) is 19.1 Å². The number of benzene rings is 2. The Morgan fingerprint density at radius 1 is 1.09 bits per heavy atom. The molecule has 0 heterocycles. The number of esters is 1. The molecule has 0 aliphatic carbocycles. The fourth-order valence-corrected chi connectivity index (χ4v) is 1.98. The lowest BCUT2D eigenvalue weighted by Gasteiger charge is -2.13. The van der Waals surface area contributed by atoms with Crippen molar-refractivity contribution < 1.29 is 14.3 Å². The normalized spacial score (nSPS) is 11.5. The predicted molar refractivity (Wildman–Crippen MR) is 84.3 cm³/mol. The van der Waals surface area contributed by atoms with E-state index in [4.69, 9.17) is 4.74 Å². The van der Waals surface area contributed by atoms with Gasteiger partial charge in [0.1, 0.15) is 12.6 Å². The van der Waals surface area contributed by atoms with Crippen LogP contribution in [0.5, 0.6) is 0 Å². The van der Waals surface area contributed by atoms with Gasteiger partial charge in [0.25, 0.3) is 5.91 Å². The van der Waals surface area contributed by atoms with Gasteiger partial charge in [0.05, 0.1) is 0 Å². The lowest BCUT2D eigenvalue weighted by Crippen LogP contribution is -2.39. The van der Waals surface area contributed by atoms with E-state index in [0.717, 1.165) is 11.1 Å². The van der Waals surface area contributed by atoms with Crippen LogP contribution >= 0.6 is 0 Å². The van der Waals surface area contributed by atoms with Crippen molar-refractivity contribution in [3.63, 3.8) is 0 Å². The summed E-state index contributed by atoms with van der Waals surface area (Å²) in [6, 6.07) is 15.9. The quantitative estimate of drug-likeness (QED) is 0.863. The van der Waals surface area contributed by atoms with Crippen LogP contribution in [0.25, 0.3) is 0 Å². The summed E-state index contributed by atoms with van der Waals surface area (Å²) in [5.74, 6) is -0.738. The first-order chi connectivity index (χ1) is 10.6. The molecule has 4 nitrogen and oxygen atoms in total. The van der Waals surface area contributed by atoms with Gasteiger partial charge in [-0.05, 0) is 31.5 Å². The second-order valence-electron chi connectivity index (χ2n) is 5.16. The molecule has 0 saturated carbocycles. The Balaban J connectivity index is 1.87. The molecule has 0 unspecified atom stereocenters. The van der Waals surface area contributed by atoms with Crippen molar-refractivity contribution in [2.24, 2.45) is 0 Å². The maximum atomic E-state index is 12.1. The van der Waals surface area contributed by atoms with Crippen LogP contribution in [-0.2, 0) is 16.1 Å². The highest BCUT2D eigenvalue weighted by molar-refractivity contribution is 5.96. The summed E-state index contributed by atoms with van der Waals surface area (Å²) in [6.07, 6.45) is 0. The summed E-state index contributed by atoms with van der Waals surface area (Å²) >= 11 is 0. The van der Waals surface area contributed by atoms with E-state index in [1.807, 2.05) is 49.4 Å². The Labute approximate surface area is 130 Å². The van der Waals surface area contributed by atoms with Crippen LogP contribution < -0.4 is 5.32 Å². The molecule has 0 bridgehead atoms. The van der Waals surface area contributed by atoms with E-state index in [0.29, 0.717) is 5.56 Å². The molecule has 0 fully saturated rings. The van der Waals surface area contributed by atoms with Crippen molar-refractivity contribution >= 4 is 11.9 Å². The Morgan fingerprint density at radius 3 is 2.50 bits per heavy atom. The first kappa shape index (κ1) is 15.8. The predicted octanol–water partition coefficient (Wildman–Crippen LogP) is 2.86. The Hall–Kier alpha value is -2.62. The molecule has 114 valence electrons. The minimum Gasteiger partial charge on any atom is -0.459 e. The number of hydrogen-bond acceptors (Lipinski definition) is 3. The summed E-state index contributed by atoms with van der Waals surface area (Å²) in [4.78, 5) is 24.0. The standard InChI is InChI=1S/C18H19NO3/c1-13-7-6-10-16(11-13)17(20)19-14(2)18(21)22-12-15-8-4-3-5-9-15/h3-11,14H,12H2,1-2H3,(H,19,20)/t14-/m0/s1. The molecule has 0 radical (unpaired) electrons. The highest BCUT2D eigenvalue weighted by atomic mass is 16.5. The summed E-state index contributed by atoms with van der Waals surface area (Å²) in [5.41, 5.74) is 2.43. The molecule has 0 saturated heterocycles. The molecule has 2 aromatic rings. The first-order valence-electron chi connectivity index (χ1n) is 7.14. The molecular weight excluding hydrogens is 278 g/mol. The average Bonchev–Trinajstić information content (AvgIpc) is 2.53. The van der Waals surface area contributed by atoms with Crippen molar-refractivity contribution in [1.29, 1.82) is 0 Å². The molecule has 1 amide bonds. The zero-order valence-electron chi connectivity index (χ0n) is 12.7. The van der Waals surface area contributed by atoms with Gasteiger partial charge < -0.3 is 10.1 Å². The fraction of sp³-hybridized carbons (Fsp3) is 0.222. The van der Waals surface area contributed by atoms with E-state index < -0.39 is 12.0 Å². The van der Waals surface area contributed by atoms with Crippen molar-refractivity contribution in [2.45, 2.75) is 26.5 Å². The van der Waals surface area contributed by atoms with Gasteiger partial charge >= 0.3 is 5.97 Å². The highest BCUT2D eigenvalue weighted by Crippen LogP contribution is 2.05. The zero-order chi connectivity index (χ0) is 15.9. The maximum absolute atomic E-state index is 12.1. The van der Waals surface area contributed by atoms with Crippen molar-refractivity contribution in [1.82, 2.24) is 5.32 Å². The van der Waals surface area contributed by atoms with Crippen LogP contribution in [0, 0.1) is 6.92 Å². The SMILES string of the molecule is Cc1cccc(C(=O)N[C@@H](C)C(=O)OCc2ccccc2)c1. The molecule has 1 N–H and O–H groups in total. The van der Waals surface area contributed by atoms with Crippen molar-refractivity contribution in [3.05, 3.63) is 71.3 Å². The van der Waals surface area contributed by atoms with Crippen molar-refractivity contribution in [2.75, 3.05) is 0 Å². The maximum Gasteiger partial charge on any atom is 0.328 e. The summed E-state index contributed by atoms with van der Waals surface area (Å²) in [6.45, 7) is 3.72. The Kier molecular flexibility index (Phi) is 5.31. The van der Waals surface area contributed by atoms with Gasteiger partial charge in [-0.2, -0.15) is 0 Å². The molecule has 0 aliphatic rings. The molecule has 0 aromatic heterocycles. The monoisotopic (exact) mass is 297 g/mol. The Bertz CT molecular complexity index is 652. The molecule has 2 rings (SSSR count). The van der Waals surface area contributed by atoms with Gasteiger partial charge in [-0.3, -0.25) is 4.79 Å². The van der Waals surface area contributed by atoms with E-state index >= 15 is 0 Å². The lowest BCUT2D eigenvalue weighted by atomic mass is 10.1. The topological polar surface area (TPSA) is 55.4 Å². The number of nitrogens with one attached hydrogen (secondary N) is 1. The molecule has 2 aromatic carbocycles. The van der Waals surface area contributed by atoms with E-state index in [1.165, 1.54) is 0 Å². The van der Waals surface area contributed by atoms with Gasteiger partial charge in [0.15, 0.2) is 0 Å². The number of ether oxygens (including phenoxy) is 1. The summed E-state index contributed by atoms with van der Waals surface area (Å²) in [5, 5.41) is 2.65. The Morgan fingerprint density at radius 2 is 1.82 bits per heavy atom. The van der Waals surface area contributed by atoms with Crippen LogP contribution in [0.3, 0.4) is 0 Å². The highest BCUT2D eigenvalue weighted by Gasteiger charge is 2.18. The minimum absolute atomic E-state index is 0.199. The number of aryl methyl sites for hydroxylation is 1. The number of hydrogen-bond donors (Lipinski definition) is 1. The van der Waals surface area contributed by atoms with E-state index in [9.17, 15) is 9.59 Å². The number of carbonyl (C=O) groups is 2. The first-order valence-corrected chi connectivity index (χ1v) is 7.14. The van der Waals surface area contributed by atoms with Crippen LogP contribution in [-0.4, -0.2) is 17.9 Å². The van der Waals surface area contributed by atoms with Crippen LogP contribution in [0.2, 0.25) is 0 Å². The molecular formula is C18H19NO3. The van der Waals surface area contributed by atoms with Crippen LogP contribution in [0.4, 0.5) is 0 Å². The lowest BCUT2D eigenvalue weighted by molar-refractivity contribution is -0.146. The van der Waals surface area contributed by atoms with Gasteiger partial charge in [0, 0.05) is 5.56 Å². The minimum atomic E-state index is -0.697. The smallest absolute Gasteiger partial charge is 0.328 e. The molecule has 1 atom stereocenters. The molecule has 4 heteroatoms. The third-order valence-electron chi connectivity index (χ3n) is 3.21. The van der Waals surface area contributed by atoms with E-state index in [-0.39, 0.29) is 12.5 Å². The molecule has 22 heavy (non-hydrogen) atoms. The van der Waals surface area contributed by atoms with Crippen LogP contribution in [0.15, 0.2) is 54.6 Å². The molecule has 0 spiro atoms. The van der Waals surface area contributed by atoms with Gasteiger partial charge in [0.2, 0.25) is 0 Å². The third-order valence-corrected chi connectivity index (χ3v) is 3.21. The number of amides is 1. The number of carbonyl (C=O) groups excluding carboxylic acids is 2. The fourth-order valence-electron chi connectivity index (χ4n) is 1.98. The molecule has 0 aliphatic heterocycles. The third kappa shape index (κ3) is 4.45. The number of rotatable bonds is 5. The summed E-state index contributed by atoms with van der Waals surface area (Å²) < 4.78 is 5.20.